The van der Waals surface area contributed by atoms with Gasteiger partial charge in [-0.1, -0.05) is 0 Å². The highest BCUT2D eigenvalue weighted by Gasteiger charge is 2.26. The van der Waals surface area contributed by atoms with Crippen LogP contribution in [-0.4, -0.2) is 65.8 Å². The number of rotatable bonds is 4. The van der Waals surface area contributed by atoms with Crippen molar-refractivity contribution in [3.63, 3.8) is 0 Å². The molecule has 0 radical (unpaired) electrons. The number of urea groups is 1. The van der Waals surface area contributed by atoms with E-state index in [1.54, 1.807) is 6.92 Å². The summed E-state index contributed by atoms with van der Waals surface area (Å²) in [6.07, 6.45) is -0.674. The Hall–Kier alpha value is -1.81. The summed E-state index contributed by atoms with van der Waals surface area (Å²) < 4.78 is 5.15. The summed E-state index contributed by atoms with van der Waals surface area (Å²) in [4.78, 5) is 25.6. The van der Waals surface area contributed by atoms with Crippen molar-refractivity contribution in [2.45, 2.75) is 19.4 Å². The number of morpholine rings is 1. The molecule has 0 saturated carbocycles. The zero-order valence-electron chi connectivity index (χ0n) is 10.3. The molecule has 0 aromatic carbocycles. The van der Waals surface area contributed by atoms with E-state index in [2.05, 4.69) is 0 Å². The van der Waals surface area contributed by atoms with Crippen LogP contribution < -0.4 is 0 Å². The van der Waals surface area contributed by atoms with Gasteiger partial charge >= 0.3 is 12.0 Å². The first kappa shape index (κ1) is 14.3. The normalized spacial score (nSPS) is 19.1. The highest BCUT2D eigenvalue weighted by molar-refractivity contribution is 5.75. The fourth-order valence-electron chi connectivity index (χ4n) is 1.72. The number of carboxylic acid groups (broad SMARTS) is 1. The molecule has 0 aliphatic carbocycles. The van der Waals surface area contributed by atoms with E-state index in [1.165, 1.54) is 9.80 Å². The third kappa shape index (κ3) is 3.89. The lowest BCUT2D eigenvalue weighted by molar-refractivity contribution is -0.137. The number of carbonyl (C=O) groups is 2. The van der Waals surface area contributed by atoms with Crippen molar-refractivity contribution in [3.8, 4) is 6.07 Å². The maximum Gasteiger partial charge on any atom is 0.320 e. The third-order valence-corrected chi connectivity index (χ3v) is 2.73. The maximum absolute atomic E-state index is 12.1. The number of carbonyl (C=O) groups excluding carboxylic acids is 1. The first-order chi connectivity index (χ1) is 8.58. The van der Waals surface area contributed by atoms with Gasteiger partial charge in [-0.15, -0.1) is 0 Å². The number of hydrogen-bond donors (Lipinski definition) is 1. The Labute approximate surface area is 106 Å². The molecule has 7 nitrogen and oxygen atoms in total. The second kappa shape index (κ2) is 6.81. The second-order valence-corrected chi connectivity index (χ2v) is 3.94. The summed E-state index contributed by atoms with van der Waals surface area (Å²) in [6.45, 7) is 3.42. The molecule has 0 aromatic heterocycles. The van der Waals surface area contributed by atoms with E-state index in [-0.39, 0.29) is 25.5 Å². The van der Waals surface area contributed by atoms with E-state index in [9.17, 15) is 9.59 Å². The van der Waals surface area contributed by atoms with Gasteiger partial charge in [0.15, 0.2) is 6.10 Å². The molecule has 1 N–H and O–H groups in total. The van der Waals surface area contributed by atoms with Gasteiger partial charge in [-0.05, 0) is 6.92 Å². The van der Waals surface area contributed by atoms with E-state index < -0.39 is 12.1 Å². The van der Waals surface area contributed by atoms with Gasteiger partial charge in [-0.3, -0.25) is 4.79 Å². The van der Waals surface area contributed by atoms with Crippen LogP contribution in [0.3, 0.4) is 0 Å². The molecule has 0 bridgehead atoms. The predicted molar refractivity (Wildman–Crippen MR) is 61.8 cm³/mol. The fraction of sp³-hybridized carbons (Fsp3) is 0.727. The van der Waals surface area contributed by atoms with Crippen molar-refractivity contribution in [2.24, 2.45) is 0 Å². The van der Waals surface area contributed by atoms with Crippen LogP contribution in [0.1, 0.15) is 13.3 Å². The van der Waals surface area contributed by atoms with Crippen molar-refractivity contribution in [3.05, 3.63) is 0 Å². The van der Waals surface area contributed by atoms with Gasteiger partial charge in [0.05, 0.1) is 25.6 Å². The molecule has 100 valence electrons. The highest BCUT2D eigenvalue weighted by atomic mass is 16.5. The molecule has 1 unspecified atom stereocenters. The first-order valence-corrected chi connectivity index (χ1v) is 5.85. The number of amides is 2. The monoisotopic (exact) mass is 255 g/mol. The average Bonchev–Trinajstić information content (AvgIpc) is 2.39. The number of nitrogens with zero attached hydrogens (tertiary/aromatic N) is 3. The molecule has 1 rings (SSSR count). The molecule has 0 aromatic rings. The summed E-state index contributed by atoms with van der Waals surface area (Å²) >= 11 is 0. The number of ether oxygens (including phenoxy) is 1. The Balaban J connectivity index is 2.55. The third-order valence-electron chi connectivity index (χ3n) is 2.73. The number of carboxylic acids is 1. The van der Waals surface area contributed by atoms with Crippen LogP contribution >= 0.6 is 0 Å². The first-order valence-electron chi connectivity index (χ1n) is 5.85. The molecule has 1 aliphatic rings. The molecule has 18 heavy (non-hydrogen) atoms. The quantitative estimate of drug-likeness (QED) is 0.770. The Morgan fingerprint density at radius 1 is 1.61 bits per heavy atom. The molecule has 2 amide bonds. The number of aliphatic carboxylic acids is 1. The van der Waals surface area contributed by atoms with E-state index >= 15 is 0 Å². The van der Waals surface area contributed by atoms with Crippen molar-refractivity contribution < 1.29 is 19.4 Å². The molecule has 7 heteroatoms. The van der Waals surface area contributed by atoms with E-state index in [0.29, 0.717) is 19.7 Å². The Morgan fingerprint density at radius 2 is 2.33 bits per heavy atom. The van der Waals surface area contributed by atoms with Gasteiger partial charge < -0.3 is 19.6 Å². The molecule has 1 saturated heterocycles. The van der Waals surface area contributed by atoms with Gasteiger partial charge in [-0.25, -0.2) is 4.79 Å². The minimum atomic E-state index is -0.932. The van der Waals surface area contributed by atoms with Crippen LogP contribution in [0, 0.1) is 11.3 Å². The van der Waals surface area contributed by atoms with Crippen molar-refractivity contribution in [2.75, 3.05) is 32.8 Å². The zero-order chi connectivity index (χ0) is 13.5. The SMILES string of the molecule is CCN(CCC(=O)O)C(=O)N1CCOC(C#N)C1. The average molecular weight is 255 g/mol. The Bertz CT molecular complexity index is 353. The molecule has 1 aliphatic heterocycles. The Kier molecular flexibility index (Phi) is 5.39. The summed E-state index contributed by atoms with van der Waals surface area (Å²) in [5.74, 6) is -0.932. The predicted octanol–water partition coefficient (Wildman–Crippen LogP) is 0.127. The lowest BCUT2D eigenvalue weighted by Gasteiger charge is -2.34. The minimum absolute atomic E-state index is 0.0778. The van der Waals surface area contributed by atoms with Crippen LogP contribution in [0.25, 0.3) is 0 Å². The van der Waals surface area contributed by atoms with Gasteiger partial charge in [-0.2, -0.15) is 5.26 Å². The molecule has 1 fully saturated rings. The summed E-state index contributed by atoms with van der Waals surface area (Å²) in [5, 5.41) is 17.4. The fourth-order valence-corrected chi connectivity index (χ4v) is 1.72. The van der Waals surface area contributed by atoms with Crippen LogP contribution in [0.15, 0.2) is 0 Å². The van der Waals surface area contributed by atoms with Crippen LogP contribution in [0.5, 0.6) is 0 Å². The standard InChI is InChI=1S/C11H17N3O4/c1-2-13(4-3-10(15)16)11(17)14-5-6-18-9(7-12)8-14/h9H,2-6,8H2,1H3,(H,15,16). The molecule has 1 atom stereocenters. The second-order valence-electron chi connectivity index (χ2n) is 3.94. The van der Waals surface area contributed by atoms with Crippen molar-refractivity contribution >= 4 is 12.0 Å². The van der Waals surface area contributed by atoms with Gasteiger partial charge in [0.2, 0.25) is 0 Å². The molecule has 1 heterocycles. The maximum atomic E-state index is 12.1. The number of nitriles is 1. The van der Waals surface area contributed by atoms with Gasteiger partial charge in [0, 0.05) is 19.6 Å². The van der Waals surface area contributed by atoms with Crippen LogP contribution in [0.2, 0.25) is 0 Å². The number of hydrogen-bond acceptors (Lipinski definition) is 4. The topological polar surface area (TPSA) is 93.9 Å². The molecular formula is C11H17N3O4. The van der Waals surface area contributed by atoms with Crippen LogP contribution in [0.4, 0.5) is 4.79 Å². The lowest BCUT2D eigenvalue weighted by atomic mass is 10.3. The highest BCUT2D eigenvalue weighted by Crippen LogP contribution is 2.08. The lowest BCUT2D eigenvalue weighted by Crippen LogP contribution is -2.51. The summed E-state index contributed by atoms with van der Waals surface area (Å²) in [7, 11) is 0. The van der Waals surface area contributed by atoms with E-state index in [4.69, 9.17) is 15.1 Å². The zero-order valence-corrected chi connectivity index (χ0v) is 10.3. The largest absolute Gasteiger partial charge is 0.481 e. The van der Waals surface area contributed by atoms with Gasteiger partial charge in [0.25, 0.3) is 0 Å². The van der Waals surface area contributed by atoms with Crippen LogP contribution in [-0.2, 0) is 9.53 Å². The summed E-state index contributed by atoms with van der Waals surface area (Å²) in [5.41, 5.74) is 0. The summed E-state index contributed by atoms with van der Waals surface area (Å²) in [6, 6.07) is 1.73. The minimum Gasteiger partial charge on any atom is -0.481 e. The van der Waals surface area contributed by atoms with E-state index in [1.807, 2.05) is 6.07 Å². The van der Waals surface area contributed by atoms with Crippen molar-refractivity contribution in [1.82, 2.24) is 9.80 Å². The van der Waals surface area contributed by atoms with E-state index in [0.717, 1.165) is 0 Å². The smallest absolute Gasteiger partial charge is 0.320 e. The molecule has 0 spiro atoms. The van der Waals surface area contributed by atoms with Gasteiger partial charge in [0.1, 0.15) is 0 Å². The molecular weight excluding hydrogens is 238 g/mol. The Morgan fingerprint density at radius 3 is 2.89 bits per heavy atom. The van der Waals surface area contributed by atoms with Crippen molar-refractivity contribution in [1.29, 1.82) is 5.26 Å².